The summed E-state index contributed by atoms with van der Waals surface area (Å²) in [5.74, 6) is -0.509. The molecule has 0 atom stereocenters. The number of phenols is 1. The first kappa shape index (κ1) is 11.3. The minimum Gasteiger partial charge on any atom is -0.504 e. The lowest BCUT2D eigenvalue weighted by atomic mass is 10.2. The van der Waals surface area contributed by atoms with Crippen molar-refractivity contribution in [1.82, 2.24) is 0 Å². The summed E-state index contributed by atoms with van der Waals surface area (Å²) in [6, 6.07) is 1.66. The zero-order valence-corrected chi connectivity index (χ0v) is 8.10. The van der Waals surface area contributed by atoms with E-state index < -0.39 is 16.4 Å². The third-order valence-corrected chi connectivity index (χ3v) is 1.75. The van der Waals surface area contributed by atoms with Crippen LogP contribution < -0.4 is 4.74 Å². The van der Waals surface area contributed by atoms with Gasteiger partial charge in [0.2, 0.25) is 0 Å². The van der Waals surface area contributed by atoms with Gasteiger partial charge in [0.25, 0.3) is 5.69 Å². The Hall–Kier alpha value is -1.82. The number of halogens is 1. The Kier molecular flexibility index (Phi) is 3.46. The Bertz CT molecular complexity index is 406. The van der Waals surface area contributed by atoms with Crippen LogP contribution in [-0.2, 0) is 0 Å². The number of alkyl halides is 1. The highest BCUT2D eigenvalue weighted by Crippen LogP contribution is 2.33. The van der Waals surface area contributed by atoms with E-state index in [-0.39, 0.29) is 17.4 Å². The van der Waals surface area contributed by atoms with Crippen molar-refractivity contribution in [2.75, 3.05) is 6.07 Å². The van der Waals surface area contributed by atoms with Crippen molar-refractivity contribution in [2.45, 2.75) is 0 Å². The molecule has 0 aliphatic carbocycles. The summed E-state index contributed by atoms with van der Waals surface area (Å²) in [4.78, 5) is 20.2. The Morgan fingerprint density at radius 2 is 2.27 bits per heavy atom. The van der Waals surface area contributed by atoms with Crippen LogP contribution in [0, 0.1) is 10.1 Å². The summed E-state index contributed by atoms with van der Waals surface area (Å²) in [5, 5.41) is 19.8. The van der Waals surface area contributed by atoms with Crippen molar-refractivity contribution in [2.24, 2.45) is 0 Å². The van der Waals surface area contributed by atoms with Gasteiger partial charge in [0, 0.05) is 6.07 Å². The van der Waals surface area contributed by atoms with Crippen molar-refractivity contribution >= 4 is 23.6 Å². The number of carbonyl (C=O) groups excluding carboxylic acids is 1. The van der Waals surface area contributed by atoms with E-state index >= 15 is 0 Å². The molecule has 0 unspecified atom stereocenters. The van der Waals surface area contributed by atoms with Gasteiger partial charge in [-0.3, -0.25) is 14.9 Å². The molecule has 1 aromatic rings. The van der Waals surface area contributed by atoms with Crippen LogP contribution in [0.4, 0.5) is 5.69 Å². The van der Waals surface area contributed by atoms with Gasteiger partial charge in [-0.05, 0) is 0 Å². The summed E-state index contributed by atoms with van der Waals surface area (Å²) >= 11 is 5.25. The lowest BCUT2D eigenvalue weighted by Gasteiger charge is -2.05. The van der Waals surface area contributed by atoms with E-state index in [2.05, 4.69) is 0 Å². The Morgan fingerprint density at radius 1 is 1.60 bits per heavy atom. The van der Waals surface area contributed by atoms with Gasteiger partial charge in [0.1, 0.15) is 0 Å². The highest BCUT2D eigenvalue weighted by atomic mass is 35.5. The molecule has 0 amide bonds. The topological polar surface area (TPSA) is 89.7 Å². The number of aromatic hydroxyl groups is 1. The number of phenolic OH excluding ortho intramolecular Hbond substituents is 1. The van der Waals surface area contributed by atoms with Crippen LogP contribution in [0.1, 0.15) is 10.4 Å². The zero-order valence-electron chi connectivity index (χ0n) is 7.34. The minimum atomic E-state index is -0.770. The van der Waals surface area contributed by atoms with E-state index in [1.165, 1.54) is 0 Å². The van der Waals surface area contributed by atoms with Gasteiger partial charge < -0.3 is 9.84 Å². The van der Waals surface area contributed by atoms with Crippen LogP contribution in [0.25, 0.3) is 0 Å². The molecule has 0 aromatic heterocycles. The van der Waals surface area contributed by atoms with E-state index in [1.54, 1.807) is 0 Å². The number of nitro groups is 1. The van der Waals surface area contributed by atoms with Gasteiger partial charge in [-0.1, -0.05) is 11.6 Å². The molecule has 15 heavy (non-hydrogen) atoms. The van der Waals surface area contributed by atoms with E-state index in [9.17, 15) is 20.0 Å². The Morgan fingerprint density at radius 3 is 2.73 bits per heavy atom. The highest BCUT2D eigenvalue weighted by Gasteiger charge is 2.18. The Balaban J connectivity index is 3.28. The van der Waals surface area contributed by atoms with Gasteiger partial charge in [0.15, 0.2) is 23.9 Å². The fraction of sp³-hybridized carbons (Fsp3) is 0.125. The summed E-state index contributed by atoms with van der Waals surface area (Å²) in [5.41, 5.74) is -0.665. The molecule has 0 saturated carbocycles. The smallest absolute Gasteiger partial charge is 0.283 e. The predicted molar refractivity (Wildman–Crippen MR) is 51.5 cm³/mol. The molecule has 0 aliphatic rings. The molecular weight excluding hydrogens is 226 g/mol. The third kappa shape index (κ3) is 2.35. The molecule has 0 aliphatic heterocycles. The molecule has 1 rings (SSSR count). The first-order chi connectivity index (χ1) is 7.10. The van der Waals surface area contributed by atoms with E-state index in [4.69, 9.17) is 16.3 Å². The second-order valence-corrected chi connectivity index (χ2v) is 2.73. The lowest BCUT2D eigenvalue weighted by molar-refractivity contribution is -0.385. The number of rotatable bonds is 4. The maximum Gasteiger partial charge on any atom is 0.283 e. The SMILES string of the molecule is O=Cc1cc(OCCl)c(O)cc1[N+](=O)[O-]. The Labute approximate surface area is 89.2 Å². The number of nitrogens with zero attached hydrogens (tertiary/aromatic N) is 1. The molecule has 0 heterocycles. The van der Waals surface area contributed by atoms with Gasteiger partial charge in [-0.15, -0.1) is 0 Å². The normalized spacial score (nSPS) is 9.67. The van der Waals surface area contributed by atoms with E-state index in [0.717, 1.165) is 12.1 Å². The average molecular weight is 232 g/mol. The third-order valence-electron chi connectivity index (χ3n) is 1.64. The van der Waals surface area contributed by atoms with Crippen molar-refractivity contribution in [1.29, 1.82) is 0 Å². The summed E-state index contributed by atoms with van der Waals surface area (Å²) < 4.78 is 4.75. The van der Waals surface area contributed by atoms with Crippen LogP contribution in [0.15, 0.2) is 12.1 Å². The minimum absolute atomic E-state index is 0.0716. The van der Waals surface area contributed by atoms with Crippen molar-refractivity contribution in [3.05, 3.63) is 27.8 Å². The fourth-order valence-electron chi connectivity index (χ4n) is 1.000. The van der Waals surface area contributed by atoms with E-state index in [0.29, 0.717) is 6.29 Å². The van der Waals surface area contributed by atoms with Crippen LogP contribution in [-0.4, -0.2) is 22.4 Å². The molecule has 1 aromatic carbocycles. The number of benzene rings is 1. The molecule has 0 fully saturated rings. The molecule has 7 heteroatoms. The van der Waals surface area contributed by atoms with Crippen molar-refractivity contribution in [3.8, 4) is 11.5 Å². The summed E-state index contributed by atoms with van der Waals surface area (Å²) in [6.07, 6.45) is 0.304. The zero-order chi connectivity index (χ0) is 11.4. The number of carbonyl (C=O) groups is 1. The molecule has 0 radical (unpaired) electrons. The van der Waals surface area contributed by atoms with Gasteiger partial charge in [-0.25, -0.2) is 0 Å². The summed E-state index contributed by atoms with van der Waals surface area (Å²) in [7, 11) is 0. The molecular formula is C8H6ClNO5. The molecule has 0 spiro atoms. The monoisotopic (exact) mass is 231 g/mol. The van der Waals surface area contributed by atoms with Crippen LogP contribution >= 0.6 is 11.6 Å². The lowest BCUT2D eigenvalue weighted by Crippen LogP contribution is -1.97. The number of hydrogen-bond donors (Lipinski definition) is 1. The summed E-state index contributed by atoms with van der Waals surface area (Å²) in [6.45, 7) is 0. The first-order valence-corrected chi connectivity index (χ1v) is 4.29. The molecule has 0 saturated heterocycles. The number of nitro benzene ring substituents is 1. The first-order valence-electron chi connectivity index (χ1n) is 3.75. The standard InChI is InChI=1S/C8H6ClNO5/c9-4-15-8-1-5(3-11)6(10(13)14)2-7(8)12/h1-3,12H,4H2. The van der Waals surface area contributed by atoms with Gasteiger partial charge in [-0.2, -0.15) is 0 Å². The molecule has 1 N–H and O–H groups in total. The number of hydrogen-bond acceptors (Lipinski definition) is 5. The van der Waals surface area contributed by atoms with Gasteiger partial charge in [0.05, 0.1) is 16.6 Å². The second-order valence-electron chi connectivity index (χ2n) is 2.51. The maximum absolute atomic E-state index is 10.5. The van der Waals surface area contributed by atoms with Crippen molar-refractivity contribution in [3.63, 3.8) is 0 Å². The fourth-order valence-corrected chi connectivity index (χ4v) is 1.12. The quantitative estimate of drug-likeness (QED) is 0.369. The van der Waals surface area contributed by atoms with Crippen LogP contribution in [0.3, 0.4) is 0 Å². The van der Waals surface area contributed by atoms with Crippen LogP contribution in [0.2, 0.25) is 0 Å². The maximum atomic E-state index is 10.5. The van der Waals surface area contributed by atoms with Gasteiger partial charge >= 0.3 is 0 Å². The van der Waals surface area contributed by atoms with Crippen LogP contribution in [0.5, 0.6) is 11.5 Å². The number of ether oxygens (including phenoxy) is 1. The van der Waals surface area contributed by atoms with E-state index in [1.807, 2.05) is 0 Å². The molecule has 6 nitrogen and oxygen atoms in total. The molecule has 0 bridgehead atoms. The second kappa shape index (κ2) is 4.61. The molecule has 80 valence electrons. The predicted octanol–water partition coefficient (Wildman–Crippen LogP) is 1.69. The van der Waals surface area contributed by atoms with Crippen molar-refractivity contribution < 1.29 is 19.6 Å². The largest absolute Gasteiger partial charge is 0.504 e. The number of aldehydes is 1. The highest BCUT2D eigenvalue weighted by molar-refractivity contribution is 6.17. The average Bonchev–Trinajstić information content (AvgIpc) is 2.20.